The van der Waals surface area contributed by atoms with E-state index >= 15 is 0 Å². The summed E-state index contributed by atoms with van der Waals surface area (Å²) in [6.45, 7) is 0. The summed E-state index contributed by atoms with van der Waals surface area (Å²) in [6, 6.07) is 0.825. The van der Waals surface area contributed by atoms with E-state index < -0.39 is 17.6 Å². The van der Waals surface area contributed by atoms with Gasteiger partial charge in [-0.3, -0.25) is 4.79 Å². The normalized spacial score (nSPS) is 10.4. The predicted molar refractivity (Wildman–Crippen MR) is 56.3 cm³/mol. The zero-order valence-corrected chi connectivity index (χ0v) is 9.72. The van der Waals surface area contributed by atoms with Crippen molar-refractivity contribution < 1.29 is 23.8 Å². The van der Waals surface area contributed by atoms with Gasteiger partial charge in [0.2, 0.25) is 0 Å². The smallest absolute Gasteiger partial charge is 0.303 e. The fourth-order valence-corrected chi connectivity index (χ4v) is 1.72. The van der Waals surface area contributed by atoms with Crippen molar-refractivity contribution >= 4 is 21.9 Å². The first-order valence-corrected chi connectivity index (χ1v) is 5.30. The van der Waals surface area contributed by atoms with Gasteiger partial charge in [-0.05, 0) is 34.8 Å². The highest BCUT2D eigenvalue weighted by atomic mass is 79.9. The first kappa shape index (κ1) is 12.9. The molecular formula is C10H9BrF2O3. The van der Waals surface area contributed by atoms with Gasteiger partial charge in [0.05, 0.1) is 4.47 Å². The van der Waals surface area contributed by atoms with Crippen molar-refractivity contribution in [1.82, 2.24) is 0 Å². The molecule has 0 unspecified atom stereocenters. The summed E-state index contributed by atoms with van der Waals surface area (Å²) in [6.07, 6.45) is -0.0525. The van der Waals surface area contributed by atoms with Crippen LogP contribution in [0.2, 0.25) is 0 Å². The van der Waals surface area contributed by atoms with Crippen LogP contribution in [0.25, 0.3) is 0 Å². The van der Waals surface area contributed by atoms with Crippen LogP contribution >= 0.6 is 15.9 Å². The number of aromatic hydroxyl groups is 1. The Morgan fingerprint density at radius 2 is 2.06 bits per heavy atom. The fraction of sp³-hybridized carbons (Fsp3) is 0.300. The summed E-state index contributed by atoms with van der Waals surface area (Å²) >= 11 is 2.88. The Bertz CT molecular complexity index is 395. The lowest BCUT2D eigenvalue weighted by atomic mass is 10.1. The van der Waals surface area contributed by atoms with Crippen LogP contribution in [0.4, 0.5) is 8.78 Å². The Balaban J connectivity index is 2.90. The molecule has 0 aliphatic rings. The third kappa shape index (κ3) is 2.91. The van der Waals surface area contributed by atoms with E-state index in [2.05, 4.69) is 15.9 Å². The van der Waals surface area contributed by atoms with Crippen LogP contribution in [0.3, 0.4) is 0 Å². The van der Waals surface area contributed by atoms with Gasteiger partial charge in [-0.1, -0.05) is 0 Å². The van der Waals surface area contributed by atoms with Crippen molar-refractivity contribution in [2.75, 3.05) is 0 Å². The lowest BCUT2D eigenvalue weighted by Crippen LogP contribution is -2.00. The molecule has 0 atom stereocenters. The fourth-order valence-electron chi connectivity index (χ4n) is 1.28. The van der Waals surface area contributed by atoms with E-state index in [-0.39, 0.29) is 35.0 Å². The molecule has 0 aromatic heterocycles. The van der Waals surface area contributed by atoms with Crippen molar-refractivity contribution in [1.29, 1.82) is 0 Å². The second-order valence-electron chi connectivity index (χ2n) is 3.23. The number of rotatable bonds is 4. The van der Waals surface area contributed by atoms with Gasteiger partial charge < -0.3 is 10.2 Å². The van der Waals surface area contributed by atoms with Gasteiger partial charge in [0.25, 0.3) is 0 Å². The quantitative estimate of drug-likeness (QED) is 0.840. The molecule has 1 aromatic rings. The standard InChI is InChI=1S/C10H9BrF2O3/c11-6-4-7(12)9(13)5(10(6)16)2-1-3-8(14)15/h4,16H,1-3H2,(H,14,15). The van der Waals surface area contributed by atoms with Gasteiger partial charge >= 0.3 is 5.97 Å². The van der Waals surface area contributed by atoms with Crippen molar-refractivity contribution in [3.8, 4) is 5.75 Å². The maximum Gasteiger partial charge on any atom is 0.303 e. The number of carbonyl (C=O) groups is 1. The Hall–Kier alpha value is -1.17. The zero-order chi connectivity index (χ0) is 12.3. The molecule has 0 radical (unpaired) electrons. The number of phenols is 1. The molecule has 0 saturated carbocycles. The van der Waals surface area contributed by atoms with Crippen LogP contribution in [-0.4, -0.2) is 16.2 Å². The minimum atomic E-state index is -1.13. The number of halogens is 3. The van der Waals surface area contributed by atoms with E-state index in [0.29, 0.717) is 0 Å². The largest absolute Gasteiger partial charge is 0.506 e. The van der Waals surface area contributed by atoms with Crippen molar-refractivity contribution in [2.45, 2.75) is 19.3 Å². The minimum absolute atomic E-state index is 0.0275. The number of benzene rings is 1. The van der Waals surface area contributed by atoms with E-state index in [4.69, 9.17) is 5.11 Å². The number of hydrogen-bond donors (Lipinski definition) is 2. The summed E-state index contributed by atoms with van der Waals surface area (Å²) in [5, 5.41) is 17.9. The average Bonchev–Trinajstić information content (AvgIpc) is 2.20. The van der Waals surface area contributed by atoms with Gasteiger partial charge in [-0.25, -0.2) is 8.78 Å². The topological polar surface area (TPSA) is 57.5 Å². The lowest BCUT2D eigenvalue weighted by Gasteiger charge is -2.07. The maximum atomic E-state index is 13.3. The Labute approximate surface area is 98.8 Å². The van der Waals surface area contributed by atoms with Crippen LogP contribution in [0, 0.1) is 11.6 Å². The van der Waals surface area contributed by atoms with Gasteiger partial charge in [-0.2, -0.15) is 0 Å². The van der Waals surface area contributed by atoms with Crippen molar-refractivity contribution in [3.63, 3.8) is 0 Å². The predicted octanol–water partition coefficient (Wildman–Crippen LogP) is 2.84. The third-order valence-electron chi connectivity index (χ3n) is 2.06. The molecule has 1 aromatic carbocycles. The summed E-state index contributed by atoms with van der Waals surface area (Å²) in [5.74, 6) is -3.61. The highest BCUT2D eigenvalue weighted by molar-refractivity contribution is 9.10. The molecule has 0 saturated heterocycles. The van der Waals surface area contributed by atoms with Gasteiger partial charge in [0.1, 0.15) is 5.75 Å². The van der Waals surface area contributed by atoms with Crippen LogP contribution in [0.15, 0.2) is 10.5 Å². The molecule has 0 heterocycles. The Morgan fingerprint density at radius 3 is 2.62 bits per heavy atom. The van der Waals surface area contributed by atoms with E-state index in [1.807, 2.05) is 0 Å². The zero-order valence-electron chi connectivity index (χ0n) is 8.14. The SMILES string of the molecule is O=C(O)CCCc1c(O)c(Br)cc(F)c1F. The molecule has 6 heteroatoms. The first-order chi connectivity index (χ1) is 7.43. The molecule has 0 spiro atoms. The molecule has 0 aliphatic carbocycles. The van der Waals surface area contributed by atoms with Crippen LogP contribution in [-0.2, 0) is 11.2 Å². The van der Waals surface area contributed by atoms with Crippen LogP contribution < -0.4 is 0 Å². The molecule has 1 rings (SSSR count). The molecular weight excluding hydrogens is 286 g/mol. The molecule has 88 valence electrons. The number of phenolic OH excluding ortho intramolecular Hbond substituents is 1. The maximum absolute atomic E-state index is 13.3. The highest BCUT2D eigenvalue weighted by Gasteiger charge is 2.16. The number of hydrogen-bond acceptors (Lipinski definition) is 2. The third-order valence-corrected chi connectivity index (χ3v) is 2.66. The van der Waals surface area contributed by atoms with E-state index in [9.17, 15) is 18.7 Å². The number of carboxylic acids is 1. The summed E-state index contributed by atoms with van der Waals surface area (Å²) in [4.78, 5) is 10.3. The molecule has 0 fully saturated rings. The summed E-state index contributed by atoms with van der Waals surface area (Å²) in [7, 11) is 0. The van der Waals surface area contributed by atoms with E-state index in [0.717, 1.165) is 6.07 Å². The summed E-state index contributed by atoms with van der Waals surface area (Å²) in [5.41, 5.74) is -0.201. The van der Waals surface area contributed by atoms with Gasteiger partial charge in [0, 0.05) is 12.0 Å². The molecule has 0 amide bonds. The Morgan fingerprint density at radius 1 is 1.44 bits per heavy atom. The number of carboxylic acid groups (broad SMARTS) is 1. The molecule has 0 bridgehead atoms. The second-order valence-corrected chi connectivity index (χ2v) is 4.08. The molecule has 2 N–H and O–H groups in total. The molecule has 16 heavy (non-hydrogen) atoms. The summed E-state index contributed by atoms with van der Waals surface area (Å²) < 4.78 is 26.3. The van der Waals surface area contributed by atoms with Crippen molar-refractivity contribution in [3.05, 3.63) is 27.7 Å². The molecule has 3 nitrogen and oxygen atoms in total. The van der Waals surface area contributed by atoms with Crippen LogP contribution in [0.1, 0.15) is 18.4 Å². The van der Waals surface area contributed by atoms with Crippen molar-refractivity contribution in [2.24, 2.45) is 0 Å². The minimum Gasteiger partial charge on any atom is -0.506 e. The first-order valence-electron chi connectivity index (χ1n) is 4.50. The van der Waals surface area contributed by atoms with E-state index in [1.165, 1.54) is 0 Å². The molecule has 0 aliphatic heterocycles. The van der Waals surface area contributed by atoms with Gasteiger partial charge in [-0.15, -0.1) is 0 Å². The second kappa shape index (κ2) is 5.25. The highest BCUT2D eigenvalue weighted by Crippen LogP contribution is 2.32. The van der Waals surface area contributed by atoms with Gasteiger partial charge in [0.15, 0.2) is 11.6 Å². The van der Waals surface area contributed by atoms with Crippen LogP contribution in [0.5, 0.6) is 5.75 Å². The Kier molecular flexibility index (Phi) is 4.23. The monoisotopic (exact) mass is 294 g/mol. The lowest BCUT2D eigenvalue weighted by molar-refractivity contribution is -0.137. The van der Waals surface area contributed by atoms with E-state index in [1.54, 1.807) is 0 Å². The number of aliphatic carboxylic acids is 1. The average molecular weight is 295 g/mol.